The Balaban J connectivity index is 1.57. The topological polar surface area (TPSA) is 30.8 Å². The highest BCUT2D eigenvalue weighted by molar-refractivity contribution is 9.10. The molecule has 30 heavy (non-hydrogen) atoms. The van der Waals surface area contributed by atoms with Crippen LogP contribution in [0.2, 0.25) is 0 Å². The molecule has 4 rings (SSSR count). The third-order valence-electron chi connectivity index (χ3n) is 4.90. The number of benzene rings is 4. The van der Waals surface area contributed by atoms with Gasteiger partial charge in [-0.15, -0.1) is 0 Å². The minimum absolute atomic E-state index is 0.452. The Kier molecular flexibility index (Phi) is 6.15. The third-order valence-corrected chi connectivity index (χ3v) is 5.49. The van der Waals surface area contributed by atoms with Gasteiger partial charge in [0.05, 0.1) is 17.3 Å². The van der Waals surface area contributed by atoms with Gasteiger partial charge in [-0.25, -0.2) is 0 Å². The Hall–Kier alpha value is -3.11. The van der Waals surface area contributed by atoms with Crippen molar-refractivity contribution in [2.45, 2.75) is 13.5 Å². The fourth-order valence-electron chi connectivity index (χ4n) is 3.30. The molecule has 4 heteroatoms. The second-order valence-electron chi connectivity index (χ2n) is 7.05. The fraction of sp³-hybridized carbons (Fsp3) is 0.115. The van der Waals surface area contributed by atoms with Crippen LogP contribution in [-0.4, -0.2) is 13.3 Å². The van der Waals surface area contributed by atoms with Crippen LogP contribution in [0.1, 0.15) is 16.7 Å². The molecule has 0 saturated heterocycles. The summed E-state index contributed by atoms with van der Waals surface area (Å²) in [5, 5.41) is 2.39. The van der Waals surface area contributed by atoms with Crippen LogP contribution >= 0.6 is 15.9 Å². The van der Waals surface area contributed by atoms with Gasteiger partial charge in [-0.3, -0.25) is 4.99 Å². The predicted molar refractivity (Wildman–Crippen MR) is 127 cm³/mol. The highest BCUT2D eigenvalue weighted by Crippen LogP contribution is 2.37. The summed E-state index contributed by atoms with van der Waals surface area (Å²) < 4.78 is 12.6. The number of nitrogens with zero attached hydrogens (tertiary/aromatic N) is 1. The minimum atomic E-state index is 0.452. The lowest BCUT2D eigenvalue weighted by Gasteiger charge is -2.14. The van der Waals surface area contributed by atoms with Crippen LogP contribution in [0, 0.1) is 6.92 Å². The number of methoxy groups -OCH3 is 1. The van der Waals surface area contributed by atoms with Crippen molar-refractivity contribution in [2.75, 3.05) is 7.11 Å². The first-order valence-corrected chi connectivity index (χ1v) is 10.5. The summed E-state index contributed by atoms with van der Waals surface area (Å²) in [7, 11) is 1.65. The number of rotatable bonds is 6. The molecule has 0 fully saturated rings. The van der Waals surface area contributed by atoms with E-state index in [0.717, 1.165) is 21.3 Å². The van der Waals surface area contributed by atoms with Gasteiger partial charge in [0, 0.05) is 6.21 Å². The molecule has 0 saturated carbocycles. The van der Waals surface area contributed by atoms with Crippen molar-refractivity contribution >= 4 is 38.6 Å². The van der Waals surface area contributed by atoms with Gasteiger partial charge in [-0.1, -0.05) is 60.2 Å². The average Bonchev–Trinajstić information content (AvgIpc) is 2.77. The van der Waals surface area contributed by atoms with Gasteiger partial charge in [0.2, 0.25) is 0 Å². The lowest BCUT2D eigenvalue weighted by Crippen LogP contribution is -2.00. The van der Waals surface area contributed by atoms with Crippen molar-refractivity contribution in [3.63, 3.8) is 0 Å². The quantitative estimate of drug-likeness (QED) is 0.284. The highest BCUT2D eigenvalue weighted by Gasteiger charge is 2.12. The number of ether oxygens (including phenoxy) is 2. The number of halogens is 1. The van der Waals surface area contributed by atoms with E-state index in [1.807, 2.05) is 54.7 Å². The Morgan fingerprint density at radius 2 is 1.70 bits per heavy atom. The van der Waals surface area contributed by atoms with Gasteiger partial charge in [0.15, 0.2) is 11.5 Å². The molecule has 0 aliphatic carbocycles. The maximum Gasteiger partial charge on any atom is 0.175 e. The molecule has 0 aromatic heterocycles. The van der Waals surface area contributed by atoms with Crippen LogP contribution in [0.3, 0.4) is 0 Å². The van der Waals surface area contributed by atoms with E-state index in [1.54, 1.807) is 7.11 Å². The molecule has 0 aliphatic rings. The van der Waals surface area contributed by atoms with Crippen LogP contribution in [0.5, 0.6) is 11.5 Å². The van der Waals surface area contributed by atoms with Crippen LogP contribution < -0.4 is 9.47 Å². The van der Waals surface area contributed by atoms with E-state index in [2.05, 4.69) is 58.2 Å². The third kappa shape index (κ3) is 4.55. The maximum absolute atomic E-state index is 6.17. The number of fused-ring (bicyclic) bond motifs is 1. The summed E-state index contributed by atoms with van der Waals surface area (Å²) in [5.74, 6) is 1.34. The summed E-state index contributed by atoms with van der Waals surface area (Å²) in [4.78, 5) is 4.55. The first-order valence-electron chi connectivity index (χ1n) is 9.72. The van der Waals surface area contributed by atoms with Gasteiger partial charge in [-0.2, -0.15) is 0 Å². The molecular formula is C26H22BrNO2. The summed E-state index contributed by atoms with van der Waals surface area (Å²) in [5.41, 5.74) is 4.18. The van der Waals surface area contributed by atoms with Crippen molar-refractivity contribution in [1.82, 2.24) is 0 Å². The van der Waals surface area contributed by atoms with E-state index in [-0.39, 0.29) is 0 Å². The zero-order chi connectivity index (χ0) is 20.9. The Labute approximate surface area is 185 Å². The van der Waals surface area contributed by atoms with Gasteiger partial charge in [0.1, 0.15) is 6.61 Å². The summed E-state index contributed by atoms with van der Waals surface area (Å²) in [6.45, 7) is 2.51. The minimum Gasteiger partial charge on any atom is -0.493 e. The monoisotopic (exact) mass is 459 g/mol. The summed E-state index contributed by atoms with van der Waals surface area (Å²) in [6.07, 6.45) is 1.83. The van der Waals surface area contributed by atoms with Crippen LogP contribution in [0.4, 0.5) is 5.69 Å². The van der Waals surface area contributed by atoms with Crippen LogP contribution in [0.15, 0.2) is 88.3 Å². The van der Waals surface area contributed by atoms with Gasteiger partial charge in [0.25, 0.3) is 0 Å². The lowest BCUT2D eigenvalue weighted by molar-refractivity contribution is 0.283. The lowest BCUT2D eigenvalue weighted by atomic mass is 10.1. The molecule has 0 heterocycles. The predicted octanol–water partition coefficient (Wildman–Crippen LogP) is 7.25. The molecule has 0 aliphatic heterocycles. The van der Waals surface area contributed by atoms with E-state index >= 15 is 0 Å². The van der Waals surface area contributed by atoms with E-state index in [4.69, 9.17) is 9.47 Å². The normalized spacial score (nSPS) is 11.2. The molecule has 150 valence electrons. The first kappa shape index (κ1) is 20.2. The van der Waals surface area contributed by atoms with Crippen LogP contribution in [-0.2, 0) is 6.61 Å². The number of aliphatic imine (C=N–C) groups is 1. The van der Waals surface area contributed by atoms with Crippen molar-refractivity contribution in [3.8, 4) is 11.5 Å². The van der Waals surface area contributed by atoms with Crippen LogP contribution in [0.25, 0.3) is 10.8 Å². The van der Waals surface area contributed by atoms with Gasteiger partial charge in [-0.05, 0) is 69.0 Å². The second-order valence-corrected chi connectivity index (χ2v) is 7.91. The average molecular weight is 460 g/mol. The Bertz CT molecular complexity index is 1190. The standard InChI is InChI=1S/C26H22BrNO2/c1-18-10-12-22(13-11-18)28-16-19-14-24(27)26(25(15-19)29-2)30-17-21-8-5-7-20-6-3-4-9-23(20)21/h3-16H,17H2,1-2H3. The molecule has 0 amide bonds. The largest absolute Gasteiger partial charge is 0.493 e. The van der Waals surface area contributed by atoms with E-state index in [9.17, 15) is 0 Å². The first-order chi connectivity index (χ1) is 14.6. The van der Waals surface area contributed by atoms with Gasteiger partial charge < -0.3 is 9.47 Å². The van der Waals surface area contributed by atoms with Gasteiger partial charge >= 0.3 is 0 Å². The molecule has 0 radical (unpaired) electrons. The smallest absolute Gasteiger partial charge is 0.175 e. The van der Waals surface area contributed by atoms with E-state index in [1.165, 1.54) is 16.3 Å². The molecule has 4 aromatic carbocycles. The van der Waals surface area contributed by atoms with E-state index < -0.39 is 0 Å². The Morgan fingerprint density at radius 1 is 0.933 bits per heavy atom. The summed E-state index contributed by atoms with van der Waals surface area (Å²) in [6, 6.07) is 26.6. The Morgan fingerprint density at radius 3 is 2.50 bits per heavy atom. The number of hydrogen-bond donors (Lipinski definition) is 0. The molecule has 0 spiro atoms. The van der Waals surface area contributed by atoms with Crippen molar-refractivity contribution in [2.24, 2.45) is 4.99 Å². The molecule has 0 bridgehead atoms. The zero-order valence-electron chi connectivity index (χ0n) is 16.9. The molecule has 0 atom stereocenters. The molecule has 0 N–H and O–H groups in total. The highest BCUT2D eigenvalue weighted by atomic mass is 79.9. The summed E-state index contributed by atoms with van der Waals surface area (Å²) >= 11 is 3.63. The number of hydrogen-bond acceptors (Lipinski definition) is 3. The van der Waals surface area contributed by atoms with Crippen molar-refractivity contribution < 1.29 is 9.47 Å². The number of aryl methyl sites for hydroxylation is 1. The SMILES string of the molecule is COc1cc(C=Nc2ccc(C)cc2)cc(Br)c1OCc1cccc2ccccc12. The molecular weight excluding hydrogens is 438 g/mol. The maximum atomic E-state index is 6.17. The molecule has 0 unspecified atom stereocenters. The van der Waals surface area contributed by atoms with Crippen molar-refractivity contribution in [1.29, 1.82) is 0 Å². The fourth-order valence-corrected chi connectivity index (χ4v) is 3.88. The van der Waals surface area contributed by atoms with E-state index in [0.29, 0.717) is 18.1 Å². The second kappa shape index (κ2) is 9.14. The zero-order valence-corrected chi connectivity index (χ0v) is 18.5. The molecule has 4 aromatic rings. The van der Waals surface area contributed by atoms with Crippen molar-refractivity contribution in [3.05, 3.63) is 100 Å². The molecule has 3 nitrogen and oxygen atoms in total.